The van der Waals surface area contributed by atoms with Crippen molar-refractivity contribution in [2.75, 3.05) is 6.61 Å². The molecule has 3 heterocycles. The number of ether oxygens (including phenoxy) is 3. The molecule has 2 fully saturated rings. The Morgan fingerprint density at radius 3 is 2.13 bits per heavy atom. The Bertz CT molecular complexity index is 859. The molecule has 2 saturated heterocycles. The maximum absolute atomic E-state index is 12.7. The fraction of sp³-hybridized carbons (Fsp3) is 0.636. The van der Waals surface area contributed by atoms with E-state index in [4.69, 9.17) is 23.5 Å². The number of hydroxylamine groups is 2. The summed E-state index contributed by atoms with van der Waals surface area (Å²) < 4.78 is 24.5. The second kappa shape index (κ2) is 7.46. The van der Waals surface area contributed by atoms with Crippen LogP contribution >= 0.6 is 0 Å². The summed E-state index contributed by atoms with van der Waals surface area (Å²) in [4.78, 5) is 31.2. The first kappa shape index (κ1) is 22.6. The van der Waals surface area contributed by atoms with Crippen molar-refractivity contribution in [1.29, 1.82) is 0 Å². The molecule has 0 saturated carbocycles. The van der Waals surface area contributed by atoms with Gasteiger partial charge in [-0.1, -0.05) is 32.9 Å². The lowest BCUT2D eigenvalue weighted by molar-refractivity contribution is -0.279. The molecule has 4 atom stereocenters. The largest absolute Gasteiger partial charge is 0.414 e. The van der Waals surface area contributed by atoms with Gasteiger partial charge in [0, 0.05) is 0 Å². The highest BCUT2D eigenvalue weighted by molar-refractivity contribution is 6.74. The Kier molecular flexibility index (Phi) is 5.43. The van der Waals surface area contributed by atoms with Crippen LogP contribution in [0, 0.1) is 0 Å². The van der Waals surface area contributed by atoms with Gasteiger partial charge in [0.15, 0.2) is 14.1 Å². The SMILES string of the molecule is CC1(C)O[C@@H]2[C@@H](CO[Si](C)(C)C(C)(C)C)OC(ON3C(=O)c4ccccc4C3=O)[C@@H]2O1. The molecule has 0 bridgehead atoms. The van der Waals surface area contributed by atoms with Gasteiger partial charge in [-0.3, -0.25) is 9.59 Å². The Balaban J connectivity index is 1.50. The van der Waals surface area contributed by atoms with Crippen LogP contribution < -0.4 is 0 Å². The van der Waals surface area contributed by atoms with Crippen molar-refractivity contribution in [2.45, 2.75) is 83.1 Å². The molecular weight excluding hydrogens is 418 g/mol. The van der Waals surface area contributed by atoms with Gasteiger partial charge in [0.2, 0.25) is 6.29 Å². The summed E-state index contributed by atoms with van der Waals surface area (Å²) in [6.07, 6.45) is -2.43. The molecule has 8 nitrogen and oxygen atoms in total. The number of fused-ring (bicyclic) bond motifs is 2. The average Bonchev–Trinajstić information content (AvgIpc) is 3.23. The zero-order chi connectivity index (χ0) is 22.8. The third-order valence-corrected chi connectivity index (χ3v) is 11.0. The fourth-order valence-corrected chi connectivity index (χ4v) is 4.75. The molecule has 0 aromatic heterocycles. The number of imide groups is 1. The van der Waals surface area contributed by atoms with Crippen molar-refractivity contribution in [1.82, 2.24) is 5.06 Å². The van der Waals surface area contributed by atoms with E-state index in [0.29, 0.717) is 17.7 Å². The predicted octanol–water partition coefficient (Wildman–Crippen LogP) is 3.48. The maximum atomic E-state index is 12.7. The molecule has 1 unspecified atom stereocenters. The van der Waals surface area contributed by atoms with Crippen molar-refractivity contribution in [3.8, 4) is 0 Å². The molecule has 1 aromatic rings. The number of rotatable bonds is 5. The lowest BCUT2D eigenvalue weighted by Gasteiger charge is -2.37. The highest BCUT2D eigenvalue weighted by atomic mass is 28.4. The molecule has 0 aliphatic carbocycles. The van der Waals surface area contributed by atoms with Crippen LogP contribution in [0.25, 0.3) is 0 Å². The first-order valence-electron chi connectivity index (χ1n) is 10.6. The van der Waals surface area contributed by atoms with Crippen LogP contribution in [-0.4, -0.2) is 62.2 Å². The number of hydrogen-bond acceptors (Lipinski definition) is 7. The molecule has 31 heavy (non-hydrogen) atoms. The van der Waals surface area contributed by atoms with Crippen LogP contribution in [0.2, 0.25) is 18.1 Å². The van der Waals surface area contributed by atoms with Crippen molar-refractivity contribution in [3.05, 3.63) is 35.4 Å². The lowest BCUT2D eigenvalue weighted by atomic mass is 10.1. The second-order valence-electron chi connectivity index (χ2n) is 10.2. The van der Waals surface area contributed by atoms with E-state index in [1.165, 1.54) is 0 Å². The van der Waals surface area contributed by atoms with Gasteiger partial charge in [-0.2, -0.15) is 0 Å². The van der Waals surface area contributed by atoms with Crippen LogP contribution in [-0.2, 0) is 23.5 Å². The molecule has 0 N–H and O–H groups in total. The fourth-order valence-electron chi connectivity index (χ4n) is 3.74. The molecule has 4 rings (SSSR count). The zero-order valence-electron chi connectivity index (χ0n) is 19.1. The minimum atomic E-state index is -2.01. The van der Waals surface area contributed by atoms with Crippen LogP contribution in [0.15, 0.2) is 24.3 Å². The van der Waals surface area contributed by atoms with E-state index >= 15 is 0 Å². The van der Waals surface area contributed by atoms with Gasteiger partial charge >= 0.3 is 0 Å². The molecule has 3 aliphatic heterocycles. The summed E-state index contributed by atoms with van der Waals surface area (Å²) in [5.41, 5.74) is 0.618. The standard InChI is InChI=1S/C22H31NO7Si/c1-21(2,3)31(6,7)26-12-15-16-17(29-22(4,5)28-16)20(27-15)30-23-18(24)13-10-8-9-11-14(13)19(23)25/h8-11,15-17,20H,12H2,1-7H3/t15-,16-,17-,20?/m1/s1. The minimum Gasteiger partial charge on any atom is -0.414 e. The van der Waals surface area contributed by atoms with E-state index in [9.17, 15) is 9.59 Å². The molecule has 170 valence electrons. The summed E-state index contributed by atoms with van der Waals surface area (Å²) in [5.74, 6) is -1.86. The summed E-state index contributed by atoms with van der Waals surface area (Å²) in [7, 11) is -2.01. The van der Waals surface area contributed by atoms with Crippen molar-refractivity contribution < 1.29 is 33.1 Å². The Morgan fingerprint density at radius 1 is 1.03 bits per heavy atom. The van der Waals surface area contributed by atoms with E-state index in [-0.39, 0.29) is 5.04 Å². The van der Waals surface area contributed by atoms with Gasteiger partial charge in [-0.05, 0) is 44.1 Å². The second-order valence-corrected chi connectivity index (χ2v) is 15.0. The lowest BCUT2D eigenvalue weighted by Crippen LogP contribution is -2.44. The van der Waals surface area contributed by atoms with E-state index in [1.54, 1.807) is 24.3 Å². The molecule has 0 spiro atoms. The highest BCUT2D eigenvalue weighted by Gasteiger charge is 2.58. The minimum absolute atomic E-state index is 0.0490. The predicted molar refractivity (Wildman–Crippen MR) is 114 cm³/mol. The Hall–Kier alpha value is -1.62. The van der Waals surface area contributed by atoms with Crippen LogP contribution in [0.4, 0.5) is 0 Å². The Labute approximate surface area is 183 Å². The molecule has 9 heteroatoms. The summed E-state index contributed by atoms with van der Waals surface area (Å²) >= 11 is 0. The third-order valence-electron chi connectivity index (χ3n) is 6.49. The summed E-state index contributed by atoms with van der Waals surface area (Å²) in [6.45, 7) is 14.8. The Morgan fingerprint density at radius 2 is 1.58 bits per heavy atom. The topological polar surface area (TPSA) is 83.5 Å². The third kappa shape index (κ3) is 3.99. The van der Waals surface area contributed by atoms with Gasteiger partial charge in [0.25, 0.3) is 11.8 Å². The van der Waals surface area contributed by atoms with Gasteiger partial charge in [0.05, 0.1) is 17.7 Å². The first-order valence-corrected chi connectivity index (χ1v) is 13.5. The molecule has 0 radical (unpaired) electrons. The van der Waals surface area contributed by atoms with Gasteiger partial charge in [-0.15, -0.1) is 5.06 Å². The molecule has 1 aromatic carbocycles. The van der Waals surface area contributed by atoms with E-state index < -0.39 is 50.5 Å². The number of carbonyl (C=O) groups excluding carboxylic acids is 2. The number of benzene rings is 1. The summed E-state index contributed by atoms with van der Waals surface area (Å²) in [6, 6.07) is 6.62. The summed E-state index contributed by atoms with van der Waals surface area (Å²) in [5, 5.41) is 0.811. The van der Waals surface area contributed by atoms with Gasteiger partial charge in [-0.25, -0.2) is 4.84 Å². The normalized spacial score (nSPS) is 30.1. The van der Waals surface area contributed by atoms with Gasteiger partial charge < -0.3 is 18.6 Å². The van der Waals surface area contributed by atoms with Gasteiger partial charge in [0.1, 0.15) is 18.3 Å². The van der Waals surface area contributed by atoms with Crippen molar-refractivity contribution in [3.63, 3.8) is 0 Å². The van der Waals surface area contributed by atoms with Crippen LogP contribution in [0.1, 0.15) is 55.3 Å². The van der Waals surface area contributed by atoms with E-state index in [2.05, 4.69) is 33.9 Å². The number of carbonyl (C=O) groups is 2. The highest BCUT2D eigenvalue weighted by Crippen LogP contribution is 2.42. The number of hydrogen-bond donors (Lipinski definition) is 0. The number of nitrogens with zero attached hydrogens (tertiary/aromatic N) is 1. The molecular formula is C22H31NO7Si. The van der Waals surface area contributed by atoms with E-state index in [1.807, 2.05) is 13.8 Å². The first-order chi connectivity index (χ1) is 14.3. The van der Waals surface area contributed by atoms with Crippen molar-refractivity contribution >= 4 is 20.1 Å². The van der Waals surface area contributed by atoms with E-state index in [0.717, 1.165) is 5.06 Å². The zero-order valence-corrected chi connectivity index (χ0v) is 20.1. The van der Waals surface area contributed by atoms with Crippen molar-refractivity contribution in [2.24, 2.45) is 0 Å². The average molecular weight is 450 g/mol. The number of amides is 2. The molecule has 3 aliphatic rings. The molecule has 2 amide bonds. The van der Waals surface area contributed by atoms with Crippen LogP contribution in [0.3, 0.4) is 0 Å². The quantitative estimate of drug-likeness (QED) is 0.503. The smallest absolute Gasteiger partial charge is 0.285 e. The monoisotopic (exact) mass is 449 g/mol. The maximum Gasteiger partial charge on any atom is 0.285 e. The van der Waals surface area contributed by atoms with Crippen LogP contribution in [0.5, 0.6) is 0 Å².